The lowest BCUT2D eigenvalue weighted by molar-refractivity contribution is 0.0689. The zero-order valence-electron chi connectivity index (χ0n) is 18.0. The minimum Gasteiger partial charge on any atom is -0.396 e. The molecule has 0 atom stereocenters. The van der Waals surface area contributed by atoms with Crippen molar-refractivity contribution in [2.75, 3.05) is 20.7 Å². The number of benzene rings is 2. The summed E-state index contributed by atoms with van der Waals surface area (Å²) in [6, 6.07) is 14.2. The van der Waals surface area contributed by atoms with Crippen LogP contribution in [0.3, 0.4) is 0 Å². The first-order chi connectivity index (χ1) is 14.5. The van der Waals surface area contributed by atoms with Crippen LogP contribution >= 0.6 is 11.6 Å². The molecular formula is C25H33ClN2O2. The summed E-state index contributed by atoms with van der Waals surface area (Å²) in [5, 5.41) is 13.1. The lowest BCUT2D eigenvalue weighted by Gasteiger charge is -2.35. The van der Waals surface area contributed by atoms with Crippen LogP contribution in [0.15, 0.2) is 42.5 Å². The zero-order chi connectivity index (χ0) is 21.5. The van der Waals surface area contributed by atoms with Crippen molar-refractivity contribution in [2.45, 2.75) is 57.0 Å². The standard InChI is InChI=1S/C25H33ClN2O2/c1-27-17-21-16-18(4-3-15-29)5-14-24(21)19-8-12-23(13-9-19)28(2)25(30)20-6-10-22(26)11-7-20/h5-7,10-11,14,16,19,23,27,29H,3-4,8-9,12-13,15,17H2,1-2H3. The van der Waals surface area contributed by atoms with Crippen molar-refractivity contribution in [3.05, 3.63) is 69.7 Å². The molecule has 5 heteroatoms. The van der Waals surface area contributed by atoms with Gasteiger partial charge in [0.05, 0.1) is 0 Å². The molecule has 0 bridgehead atoms. The maximum absolute atomic E-state index is 12.8. The molecule has 1 aliphatic carbocycles. The Bertz CT molecular complexity index is 830. The van der Waals surface area contributed by atoms with Gasteiger partial charge in [0.1, 0.15) is 0 Å². The molecule has 1 aliphatic rings. The number of aliphatic hydroxyl groups excluding tert-OH is 1. The summed E-state index contributed by atoms with van der Waals surface area (Å²) in [5.41, 5.74) is 4.78. The minimum atomic E-state index is 0.0687. The molecule has 0 unspecified atom stereocenters. The van der Waals surface area contributed by atoms with Crippen LogP contribution in [0.25, 0.3) is 0 Å². The number of rotatable bonds is 8. The smallest absolute Gasteiger partial charge is 0.253 e. The first-order valence-electron chi connectivity index (χ1n) is 10.9. The molecule has 0 spiro atoms. The van der Waals surface area contributed by atoms with Crippen molar-refractivity contribution in [2.24, 2.45) is 0 Å². The molecule has 3 rings (SSSR count). The number of amides is 1. The van der Waals surface area contributed by atoms with Gasteiger partial charge in [-0.05, 0) is 92.4 Å². The molecule has 1 amide bonds. The normalized spacial score (nSPS) is 18.9. The monoisotopic (exact) mass is 428 g/mol. The van der Waals surface area contributed by atoms with Crippen molar-refractivity contribution < 1.29 is 9.90 Å². The van der Waals surface area contributed by atoms with Crippen LogP contribution in [0.2, 0.25) is 5.02 Å². The summed E-state index contributed by atoms with van der Waals surface area (Å²) in [6.07, 6.45) is 5.94. The fraction of sp³-hybridized carbons (Fsp3) is 0.480. The largest absolute Gasteiger partial charge is 0.396 e. The highest BCUT2D eigenvalue weighted by molar-refractivity contribution is 6.30. The molecule has 0 saturated heterocycles. The lowest BCUT2D eigenvalue weighted by atomic mass is 9.79. The molecule has 0 aliphatic heterocycles. The molecule has 0 radical (unpaired) electrons. The molecular weight excluding hydrogens is 396 g/mol. The van der Waals surface area contributed by atoms with Crippen LogP contribution < -0.4 is 5.32 Å². The Kier molecular flexibility index (Phi) is 8.32. The number of carbonyl (C=O) groups is 1. The van der Waals surface area contributed by atoms with Gasteiger partial charge in [-0.3, -0.25) is 4.79 Å². The third-order valence-corrected chi connectivity index (χ3v) is 6.55. The van der Waals surface area contributed by atoms with Gasteiger partial charge in [-0.25, -0.2) is 0 Å². The van der Waals surface area contributed by atoms with Crippen LogP contribution in [0.1, 0.15) is 65.1 Å². The van der Waals surface area contributed by atoms with Crippen LogP contribution in [-0.2, 0) is 13.0 Å². The van der Waals surface area contributed by atoms with Crippen LogP contribution in [0.5, 0.6) is 0 Å². The number of nitrogens with zero attached hydrogens (tertiary/aromatic N) is 1. The van der Waals surface area contributed by atoms with Crippen molar-refractivity contribution in [3.63, 3.8) is 0 Å². The summed E-state index contributed by atoms with van der Waals surface area (Å²) in [4.78, 5) is 14.7. The van der Waals surface area contributed by atoms with E-state index in [9.17, 15) is 4.79 Å². The van der Waals surface area contributed by atoms with Gasteiger partial charge in [0, 0.05) is 36.8 Å². The SMILES string of the molecule is CNCc1cc(CCCO)ccc1C1CCC(N(C)C(=O)c2ccc(Cl)cc2)CC1. The topological polar surface area (TPSA) is 52.6 Å². The quantitative estimate of drug-likeness (QED) is 0.636. The number of hydrogen-bond donors (Lipinski definition) is 2. The predicted molar refractivity (Wildman–Crippen MR) is 123 cm³/mol. The van der Waals surface area contributed by atoms with E-state index in [4.69, 9.17) is 16.7 Å². The molecule has 1 fully saturated rings. The zero-order valence-corrected chi connectivity index (χ0v) is 18.8. The Balaban J connectivity index is 1.64. The third-order valence-electron chi connectivity index (χ3n) is 6.29. The molecule has 0 aromatic heterocycles. The van der Waals surface area contributed by atoms with E-state index in [0.29, 0.717) is 16.5 Å². The van der Waals surface area contributed by atoms with Gasteiger partial charge in [-0.15, -0.1) is 0 Å². The molecule has 4 nitrogen and oxygen atoms in total. The Labute approximate surface area is 185 Å². The first-order valence-corrected chi connectivity index (χ1v) is 11.3. The highest BCUT2D eigenvalue weighted by Gasteiger charge is 2.28. The van der Waals surface area contributed by atoms with Gasteiger partial charge >= 0.3 is 0 Å². The summed E-state index contributed by atoms with van der Waals surface area (Å²) < 4.78 is 0. The summed E-state index contributed by atoms with van der Waals surface area (Å²) in [5.74, 6) is 0.606. The number of halogens is 1. The van der Waals surface area contributed by atoms with E-state index in [2.05, 4.69) is 23.5 Å². The van der Waals surface area contributed by atoms with E-state index < -0.39 is 0 Å². The van der Waals surface area contributed by atoms with E-state index in [1.165, 1.54) is 16.7 Å². The maximum atomic E-state index is 12.8. The Morgan fingerprint density at radius 3 is 2.47 bits per heavy atom. The van der Waals surface area contributed by atoms with Crippen molar-refractivity contribution >= 4 is 17.5 Å². The van der Waals surface area contributed by atoms with E-state index in [1.54, 1.807) is 24.3 Å². The first kappa shape index (κ1) is 22.8. The summed E-state index contributed by atoms with van der Waals surface area (Å²) in [6.45, 7) is 1.09. The van der Waals surface area contributed by atoms with Crippen LogP contribution in [0.4, 0.5) is 0 Å². The fourth-order valence-electron chi connectivity index (χ4n) is 4.58. The Hall–Kier alpha value is -1.88. The fourth-order valence-corrected chi connectivity index (χ4v) is 4.70. The molecule has 2 aromatic carbocycles. The van der Waals surface area contributed by atoms with E-state index in [0.717, 1.165) is 45.1 Å². The number of hydrogen-bond acceptors (Lipinski definition) is 3. The van der Waals surface area contributed by atoms with Gasteiger partial charge in [0.15, 0.2) is 0 Å². The van der Waals surface area contributed by atoms with Gasteiger partial charge in [0.2, 0.25) is 0 Å². The van der Waals surface area contributed by atoms with Crippen LogP contribution in [-0.4, -0.2) is 42.7 Å². The third kappa shape index (κ3) is 5.63. The number of nitrogens with one attached hydrogen (secondary N) is 1. The Morgan fingerprint density at radius 1 is 1.13 bits per heavy atom. The van der Waals surface area contributed by atoms with E-state index >= 15 is 0 Å². The minimum absolute atomic E-state index is 0.0687. The second kappa shape index (κ2) is 10.9. The molecule has 162 valence electrons. The second-order valence-electron chi connectivity index (χ2n) is 8.32. The van der Waals surface area contributed by atoms with Crippen LogP contribution in [0, 0.1) is 0 Å². The van der Waals surface area contributed by atoms with Gasteiger partial charge in [-0.1, -0.05) is 29.8 Å². The van der Waals surface area contributed by atoms with Gasteiger partial charge < -0.3 is 15.3 Å². The van der Waals surface area contributed by atoms with Gasteiger partial charge in [0.25, 0.3) is 5.91 Å². The Morgan fingerprint density at radius 2 is 1.83 bits per heavy atom. The molecule has 2 N–H and O–H groups in total. The van der Waals surface area contributed by atoms with Crippen molar-refractivity contribution in [1.82, 2.24) is 10.2 Å². The number of carbonyl (C=O) groups excluding carboxylic acids is 1. The molecule has 2 aromatic rings. The molecule has 30 heavy (non-hydrogen) atoms. The average Bonchev–Trinajstić information content (AvgIpc) is 2.78. The molecule has 1 saturated carbocycles. The highest BCUT2D eigenvalue weighted by Crippen LogP contribution is 2.37. The van der Waals surface area contributed by atoms with E-state index in [1.807, 2.05) is 19.0 Å². The predicted octanol–water partition coefficient (Wildman–Crippen LogP) is 4.78. The van der Waals surface area contributed by atoms with E-state index in [-0.39, 0.29) is 18.6 Å². The molecule has 0 heterocycles. The second-order valence-corrected chi connectivity index (χ2v) is 8.76. The number of aliphatic hydroxyl groups is 1. The lowest BCUT2D eigenvalue weighted by Crippen LogP contribution is -2.39. The maximum Gasteiger partial charge on any atom is 0.253 e. The highest BCUT2D eigenvalue weighted by atomic mass is 35.5. The van der Waals surface area contributed by atoms with Crippen molar-refractivity contribution in [3.8, 4) is 0 Å². The summed E-state index contributed by atoms with van der Waals surface area (Å²) in [7, 11) is 3.91. The number of aryl methyl sites for hydroxylation is 1. The van der Waals surface area contributed by atoms with Crippen molar-refractivity contribution in [1.29, 1.82) is 0 Å². The summed E-state index contributed by atoms with van der Waals surface area (Å²) >= 11 is 5.95. The average molecular weight is 429 g/mol. The van der Waals surface area contributed by atoms with Gasteiger partial charge in [-0.2, -0.15) is 0 Å².